The van der Waals surface area contributed by atoms with Crippen LogP contribution < -0.4 is 5.32 Å². The number of carbonyl (C=O) groups excluding carboxylic acids is 1. The van der Waals surface area contributed by atoms with Crippen LogP contribution in [-0.2, 0) is 16.0 Å². The van der Waals surface area contributed by atoms with Crippen molar-refractivity contribution < 1.29 is 9.53 Å². The Balaban J connectivity index is 1.51. The summed E-state index contributed by atoms with van der Waals surface area (Å²) >= 11 is 0. The van der Waals surface area contributed by atoms with E-state index in [2.05, 4.69) is 23.5 Å². The van der Waals surface area contributed by atoms with Gasteiger partial charge in [0, 0.05) is 12.8 Å². The van der Waals surface area contributed by atoms with Crippen LogP contribution in [0.2, 0.25) is 0 Å². The molecule has 3 nitrogen and oxygen atoms in total. The second-order valence-electron chi connectivity index (χ2n) is 6.30. The van der Waals surface area contributed by atoms with Gasteiger partial charge in [0.2, 0.25) is 0 Å². The first-order valence-corrected chi connectivity index (χ1v) is 8.25. The molecule has 1 saturated heterocycles. The Morgan fingerprint density at radius 1 is 1.33 bits per heavy atom. The number of fused-ring (bicyclic) bond motifs is 1. The molecule has 0 aromatic heterocycles. The van der Waals surface area contributed by atoms with Gasteiger partial charge in [0.15, 0.2) is 0 Å². The van der Waals surface area contributed by atoms with Crippen molar-refractivity contribution in [3.8, 4) is 0 Å². The molecule has 2 atom stereocenters. The van der Waals surface area contributed by atoms with Crippen LogP contribution in [0, 0.1) is 5.92 Å². The maximum Gasteiger partial charge on any atom is 0.135 e. The van der Waals surface area contributed by atoms with E-state index >= 15 is 0 Å². The normalized spacial score (nSPS) is 25.3. The third-order valence-corrected chi connectivity index (χ3v) is 4.74. The molecule has 2 unspecified atom stereocenters. The lowest BCUT2D eigenvalue weighted by Gasteiger charge is -2.26. The van der Waals surface area contributed by atoms with Crippen molar-refractivity contribution >= 4 is 5.78 Å². The quantitative estimate of drug-likeness (QED) is 0.904. The van der Waals surface area contributed by atoms with E-state index < -0.39 is 0 Å². The Morgan fingerprint density at radius 2 is 2.24 bits per heavy atom. The van der Waals surface area contributed by atoms with E-state index in [9.17, 15) is 4.79 Å². The molecule has 114 valence electrons. The lowest BCUT2D eigenvalue weighted by molar-refractivity contribution is -0.122. The third kappa shape index (κ3) is 3.92. The summed E-state index contributed by atoms with van der Waals surface area (Å²) < 4.78 is 5.83. The van der Waals surface area contributed by atoms with Crippen LogP contribution in [0.25, 0.3) is 0 Å². The molecular weight excluding hydrogens is 262 g/mol. The van der Waals surface area contributed by atoms with Gasteiger partial charge in [-0.15, -0.1) is 0 Å². The van der Waals surface area contributed by atoms with Crippen molar-refractivity contribution in [2.75, 3.05) is 19.7 Å². The zero-order chi connectivity index (χ0) is 14.5. The van der Waals surface area contributed by atoms with E-state index in [1.165, 1.54) is 24.0 Å². The highest BCUT2D eigenvalue weighted by molar-refractivity contribution is 5.79. The van der Waals surface area contributed by atoms with Crippen molar-refractivity contribution in [1.82, 2.24) is 5.32 Å². The lowest BCUT2D eigenvalue weighted by atomic mass is 9.90. The molecular formula is C18H25NO2. The van der Waals surface area contributed by atoms with Gasteiger partial charge in [-0.2, -0.15) is 0 Å². The molecule has 0 radical (unpaired) electrons. The van der Waals surface area contributed by atoms with Crippen LogP contribution in [0.15, 0.2) is 24.3 Å². The van der Waals surface area contributed by atoms with Crippen molar-refractivity contribution in [2.45, 2.75) is 44.6 Å². The van der Waals surface area contributed by atoms with Gasteiger partial charge >= 0.3 is 0 Å². The highest BCUT2D eigenvalue weighted by Crippen LogP contribution is 2.30. The summed E-state index contributed by atoms with van der Waals surface area (Å²) in [6.07, 6.45) is 5.73. The zero-order valence-corrected chi connectivity index (χ0v) is 12.6. The largest absolute Gasteiger partial charge is 0.373 e. The number of ketones is 1. The van der Waals surface area contributed by atoms with Crippen LogP contribution in [0.3, 0.4) is 0 Å². The number of nitrogens with one attached hydrogen (secondary N) is 1. The molecule has 2 aliphatic rings. The summed E-state index contributed by atoms with van der Waals surface area (Å²) in [6, 6.07) is 8.37. The van der Waals surface area contributed by atoms with Gasteiger partial charge in [-0.05, 0) is 55.8 Å². The van der Waals surface area contributed by atoms with E-state index in [0.717, 1.165) is 32.5 Å². The Morgan fingerprint density at radius 3 is 3.10 bits per heavy atom. The smallest absolute Gasteiger partial charge is 0.135 e. The van der Waals surface area contributed by atoms with E-state index in [4.69, 9.17) is 4.74 Å². The molecule has 0 amide bonds. The van der Waals surface area contributed by atoms with E-state index in [1.54, 1.807) is 0 Å². The van der Waals surface area contributed by atoms with Gasteiger partial charge in [-0.25, -0.2) is 0 Å². The molecule has 1 fully saturated rings. The molecule has 0 saturated carbocycles. The van der Waals surface area contributed by atoms with Gasteiger partial charge < -0.3 is 10.1 Å². The van der Waals surface area contributed by atoms with Crippen LogP contribution in [0.1, 0.15) is 49.3 Å². The summed E-state index contributed by atoms with van der Waals surface area (Å²) in [5.74, 6) is 1.03. The third-order valence-electron chi connectivity index (χ3n) is 4.74. The van der Waals surface area contributed by atoms with Crippen molar-refractivity contribution in [2.24, 2.45) is 5.92 Å². The summed E-state index contributed by atoms with van der Waals surface area (Å²) in [5, 5.41) is 3.42. The Labute approximate surface area is 127 Å². The summed E-state index contributed by atoms with van der Waals surface area (Å²) in [4.78, 5) is 12.3. The van der Waals surface area contributed by atoms with E-state index in [-0.39, 0.29) is 6.10 Å². The number of piperidine rings is 1. The van der Waals surface area contributed by atoms with E-state index in [1.807, 2.05) is 6.07 Å². The predicted octanol–water partition coefficient (Wildman–Crippen LogP) is 3.04. The number of ether oxygens (including phenoxy) is 1. The molecule has 0 bridgehead atoms. The highest BCUT2D eigenvalue weighted by Gasteiger charge is 2.23. The fourth-order valence-electron chi connectivity index (χ4n) is 3.49. The number of Topliss-reactive ketones (excluding diaryl/α,β-unsaturated/α-hetero) is 1. The van der Waals surface area contributed by atoms with Gasteiger partial charge in [0.05, 0.1) is 12.7 Å². The van der Waals surface area contributed by atoms with Crippen molar-refractivity contribution in [1.29, 1.82) is 0 Å². The number of hydrogen-bond donors (Lipinski definition) is 1. The summed E-state index contributed by atoms with van der Waals surface area (Å²) in [7, 11) is 0. The highest BCUT2D eigenvalue weighted by atomic mass is 16.5. The fraction of sp³-hybridized carbons (Fsp3) is 0.611. The SMILES string of the molecule is O=C(CCC1CCCNC1)CC1OCCc2ccccc21. The summed E-state index contributed by atoms with van der Waals surface area (Å²) in [5.41, 5.74) is 2.56. The maximum absolute atomic E-state index is 12.3. The molecule has 1 aromatic carbocycles. The minimum absolute atomic E-state index is 0.0214. The average molecular weight is 287 g/mol. The minimum atomic E-state index is -0.0214. The topological polar surface area (TPSA) is 38.3 Å². The standard InChI is InChI=1S/C18H25NO2/c20-16(8-7-14-4-3-10-19-13-14)12-18-17-6-2-1-5-15(17)9-11-21-18/h1-2,5-6,14,18-19H,3-4,7-13H2. The molecule has 3 rings (SSSR count). The molecule has 0 spiro atoms. The Kier molecular flexibility index (Phi) is 5.04. The monoisotopic (exact) mass is 287 g/mol. The lowest BCUT2D eigenvalue weighted by Crippen LogP contribution is -2.30. The number of benzene rings is 1. The summed E-state index contributed by atoms with van der Waals surface area (Å²) in [6.45, 7) is 2.95. The van der Waals surface area contributed by atoms with Crippen LogP contribution in [0.5, 0.6) is 0 Å². The molecule has 2 aliphatic heterocycles. The second-order valence-corrected chi connectivity index (χ2v) is 6.30. The maximum atomic E-state index is 12.3. The first-order valence-electron chi connectivity index (χ1n) is 8.25. The van der Waals surface area contributed by atoms with Crippen LogP contribution in [0.4, 0.5) is 0 Å². The Hall–Kier alpha value is -1.19. The Bertz CT molecular complexity index is 480. The van der Waals surface area contributed by atoms with Crippen LogP contribution in [-0.4, -0.2) is 25.5 Å². The zero-order valence-electron chi connectivity index (χ0n) is 12.6. The molecule has 1 aromatic rings. The molecule has 3 heteroatoms. The van der Waals surface area contributed by atoms with Crippen molar-refractivity contribution in [3.63, 3.8) is 0 Å². The first-order chi connectivity index (χ1) is 10.3. The van der Waals surface area contributed by atoms with Gasteiger partial charge in [-0.1, -0.05) is 24.3 Å². The average Bonchev–Trinajstić information content (AvgIpc) is 2.54. The van der Waals surface area contributed by atoms with Crippen molar-refractivity contribution in [3.05, 3.63) is 35.4 Å². The molecule has 1 N–H and O–H groups in total. The predicted molar refractivity (Wildman–Crippen MR) is 83.3 cm³/mol. The fourth-order valence-corrected chi connectivity index (χ4v) is 3.49. The van der Waals surface area contributed by atoms with Gasteiger partial charge in [0.1, 0.15) is 5.78 Å². The van der Waals surface area contributed by atoms with Gasteiger partial charge in [-0.3, -0.25) is 4.79 Å². The molecule has 0 aliphatic carbocycles. The molecule has 21 heavy (non-hydrogen) atoms. The number of hydrogen-bond acceptors (Lipinski definition) is 3. The number of carbonyl (C=O) groups is 1. The van der Waals surface area contributed by atoms with Crippen LogP contribution >= 0.6 is 0 Å². The number of rotatable bonds is 5. The van der Waals surface area contributed by atoms with E-state index in [0.29, 0.717) is 24.5 Å². The van der Waals surface area contributed by atoms with Gasteiger partial charge in [0.25, 0.3) is 0 Å². The first kappa shape index (κ1) is 14.7. The molecule has 2 heterocycles. The second kappa shape index (κ2) is 7.19. The minimum Gasteiger partial charge on any atom is -0.373 e.